The van der Waals surface area contributed by atoms with E-state index in [4.69, 9.17) is 0 Å². The highest BCUT2D eigenvalue weighted by molar-refractivity contribution is 5.20. The number of aryl methyl sites for hydroxylation is 1. The maximum absolute atomic E-state index is 4.36. The van der Waals surface area contributed by atoms with Crippen molar-refractivity contribution in [1.82, 2.24) is 15.1 Å². The van der Waals surface area contributed by atoms with E-state index in [9.17, 15) is 0 Å². The Hall–Kier alpha value is -0.830. The van der Waals surface area contributed by atoms with Crippen LogP contribution in [-0.2, 0) is 7.05 Å². The molecule has 1 rings (SSSR count). The van der Waals surface area contributed by atoms with E-state index in [1.807, 2.05) is 17.9 Å². The van der Waals surface area contributed by atoms with Crippen molar-refractivity contribution in [2.24, 2.45) is 13.0 Å². The number of nitrogens with one attached hydrogen (secondary N) is 1. The Morgan fingerprint density at radius 1 is 1.33 bits per heavy atom. The van der Waals surface area contributed by atoms with Crippen molar-refractivity contribution in [3.05, 3.63) is 17.5 Å². The van der Waals surface area contributed by atoms with Gasteiger partial charge >= 0.3 is 0 Å². The second-order valence-corrected chi connectivity index (χ2v) is 5.64. The molecule has 0 amide bonds. The van der Waals surface area contributed by atoms with Crippen molar-refractivity contribution in [2.75, 3.05) is 6.54 Å². The summed E-state index contributed by atoms with van der Waals surface area (Å²) in [4.78, 5) is 0. The van der Waals surface area contributed by atoms with Gasteiger partial charge in [-0.1, -0.05) is 33.6 Å². The Morgan fingerprint density at radius 2 is 2.06 bits per heavy atom. The predicted octanol–water partition coefficient (Wildman–Crippen LogP) is 3.60. The molecule has 1 atom stereocenters. The smallest absolute Gasteiger partial charge is 0.0540 e. The lowest BCUT2D eigenvalue weighted by Crippen LogP contribution is -2.22. The summed E-state index contributed by atoms with van der Waals surface area (Å²) in [6.07, 6.45) is 7.01. The first-order valence-electron chi connectivity index (χ1n) is 7.28. The van der Waals surface area contributed by atoms with E-state index in [1.165, 1.54) is 36.9 Å². The van der Waals surface area contributed by atoms with Crippen molar-refractivity contribution in [3.63, 3.8) is 0 Å². The quantitative estimate of drug-likeness (QED) is 0.765. The van der Waals surface area contributed by atoms with Gasteiger partial charge in [0.2, 0.25) is 0 Å². The van der Waals surface area contributed by atoms with E-state index in [-0.39, 0.29) is 0 Å². The van der Waals surface area contributed by atoms with Crippen molar-refractivity contribution in [2.45, 2.75) is 59.4 Å². The van der Waals surface area contributed by atoms with Crippen LogP contribution in [0.15, 0.2) is 6.20 Å². The minimum absolute atomic E-state index is 0.470. The van der Waals surface area contributed by atoms with Crippen molar-refractivity contribution in [1.29, 1.82) is 0 Å². The summed E-state index contributed by atoms with van der Waals surface area (Å²) in [6.45, 7) is 10.0. The number of rotatable bonds is 8. The molecule has 0 aliphatic heterocycles. The number of hydrogen-bond acceptors (Lipinski definition) is 2. The van der Waals surface area contributed by atoms with Gasteiger partial charge < -0.3 is 5.32 Å². The fourth-order valence-electron chi connectivity index (χ4n) is 2.27. The number of hydrogen-bond donors (Lipinski definition) is 1. The molecule has 0 aliphatic rings. The average molecular weight is 251 g/mol. The normalized spacial score (nSPS) is 13.2. The summed E-state index contributed by atoms with van der Waals surface area (Å²) < 4.78 is 1.97. The van der Waals surface area contributed by atoms with Crippen LogP contribution in [0.1, 0.15) is 63.8 Å². The molecule has 0 aromatic carbocycles. The highest BCUT2D eigenvalue weighted by Gasteiger charge is 2.15. The van der Waals surface area contributed by atoms with Crippen LogP contribution in [-0.4, -0.2) is 16.3 Å². The van der Waals surface area contributed by atoms with E-state index < -0.39 is 0 Å². The third-order valence-corrected chi connectivity index (χ3v) is 3.56. The zero-order valence-electron chi connectivity index (χ0n) is 12.7. The third-order valence-electron chi connectivity index (χ3n) is 3.56. The topological polar surface area (TPSA) is 29.9 Å². The molecule has 18 heavy (non-hydrogen) atoms. The van der Waals surface area contributed by atoms with Gasteiger partial charge in [0.25, 0.3) is 0 Å². The Balaban J connectivity index is 2.62. The van der Waals surface area contributed by atoms with Gasteiger partial charge in [0.05, 0.1) is 6.20 Å². The monoisotopic (exact) mass is 251 g/mol. The molecule has 0 saturated carbocycles. The molecule has 0 spiro atoms. The molecular weight excluding hydrogens is 222 g/mol. The first kappa shape index (κ1) is 15.2. The van der Waals surface area contributed by atoms with Crippen LogP contribution in [0.5, 0.6) is 0 Å². The molecule has 0 aliphatic carbocycles. The van der Waals surface area contributed by atoms with Gasteiger partial charge in [0, 0.05) is 24.3 Å². The number of nitrogens with zero attached hydrogens (tertiary/aromatic N) is 2. The second-order valence-electron chi connectivity index (χ2n) is 5.64. The zero-order chi connectivity index (χ0) is 13.5. The molecule has 3 nitrogen and oxygen atoms in total. The minimum Gasteiger partial charge on any atom is -0.310 e. The summed E-state index contributed by atoms with van der Waals surface area (Å²) in [7, 11) is 2.02. The zero-order valence-corrected chi connectivity index (χ0v) is 12.7. The largest absolute Gasteiger partial charge is 0.310 e. The Morgan fingerprint density at radius 3 is 2.56 bits per heavy atom. The van der Waals surface area contributed by atoms with Gasteiger partial charge in [-0.05, 0) is 32.2 Å². The summed E-state index contributed by atoms with van der Waals surface area (Å²) >= 11 is 0. The molecule has 0 fully saturated rings. The summed E-state index contributed by atoms with van der Waals surface area (Å²) in [5, 5.41) is 8.03. The minimum atomic E-state index is 0.470. The number of aromatic nitrogens is 2. The van der Waals surface area contributed by atoms with Crippen LogP contribution in [0, 0.1) is 12.8 Å². The maximum atomic E-state index is 4.36. The predicted molar refractivity (Wildman–Crippen MR) is 77.7 cm³/mol. The van der Waals surface area contributed by atoms with Crippen molar-refractivity contribution < 1.29 is 0 Å². The molecule has 3 heteroatoms. The molecule has 1 aromatic rings. The SMILES string of the molecule is CCCNC(CCCC(C)C)c1cnn(C)c1C. The molecule has 1 heterocycles. The molecule has 0 saturated heterocycles. The van der Waals surface area contributed by atoms with Crippen molar-refractivity contribution >= 4 is 0 Å². The lowest BCUT2D eigenvalue weighted by atomic mass is 9.98. The maximum Gasteiger partial charge on any atom is 0.0540 e. The highest BCUT2D eigenvalue weighted by Crippen LogP contribution is 2.23. The third kappa shape index (κ3) is 4.45. The van der Waals surface area contributed by atoms with Gasteiger partial charge in [0.15, 0.2) is 0 Å². The van der Waals surface area contributed by atoms with Crippen LogP contribution >= 0.6 is 0 Å². The molecule has 104 valence electrons. The first-order valence-corrected chi connectivity index (χ1v) is 7.28. The van der Waals surface area contributed by atoms with Crippen LogP contribution in [0.2, 0.25) is 0 Å². The van der Waals surface area contributed by atoms with E-state index >= 15 is 0 Å². The van der Waals surface area contributed by atoms with Gasteiger partial charge in [0.1, 0.15) is 0 Å². The van der Waals surface area contributed by atoms with Crippen LogP contribution in [0.3, 0.4) is 0 Å². The van der Waals surface area contributed by atoms with E-state index in [0.717, 1.165) is 12.5 Å². The van der Waals surface area contributed by atoms with Gasteiger partial charge in [-0.25, -0.2) is 0 Å². The summed E-state index contributed by atoms with van der Waals surface area (Å²) in [6, 6.07) is 0.470. The Bertz CT molecular complexity index is 342. The first-order chi connectivity index (χ1) is 8.56. The highest BCUT2D eigenvalue weighted by atomic mass is 15.3. The van der Waals surface area contributed by atoms with E-state index in [0.29, 0.717) is 6.04 Å². The van der Waals surface area contributed by atoms with Crippen LogP contribution in [0.4, 0.5) is 0 Å². The summed E-state index contributed by atoms with van der Waals surface area (Å²) in [5.74, 6) is 0.798. The molecule has 1 unspecified atom stereocenters. The second kappa shape index (κ2) is 7.57. The molecule has 1 aromatic heterocycles. The van der Waals surface area contributed by atoms with Gasteiger partial charge in [-0.15, -0.1) is 0 Å². The molecule has 0 radical (unpaired) electrons. The molecular formula is C15H29N3. The summed E-state index contributed by atoms with van der Waals surface area (Å²) in [5.41, 5.74) is 2.66. The Labute approximate surface area is 112 Å². The Kier molecular flexibility index (Phi) is 6.41. The average Bonchev–Trinajstić information content (AvgIpc) is 2.64. The fraction of sp³-hybridized carbons (Fsp3) is 0.800. The standard InChI is InChI=1S/C15H29N3/c1-6-10-16-15(9-7-8-12(2)3)14-11-17-18(5)13(14)4/h11-12,15-16H,6-10H2,1-5H3. The van der Waals surface area contributed by atoms with Gasteiger partial charge in [-0.2, -0.15) is 5.10 Å². The van der Waals surface area contributed by atoms with Crippen LogP contribution in [0.25, 0.3) is 0 Å². The lowest BCUT2D eigenvalue weighted by molar-refractivity contribution is 0.446. The van der Waals surface area contributed by atoms with Gasteiger partial charge in [-0.3, -0.25) is 4.68 Å². The van der Waals surface area contributed by atoms with Crippen molar-refractivity contribution in [3.8, 4) is 0 Å². The lowest BCUT2D eigenvalue weighted by Gasteiger charge is -2.19. The van der Waals surface area contributed by atoms with Crippen LogP contribution < -0.4 is 5.32 Å². The van der Waals surface area contributed by atoms with E-state index in [2.05, 4.69) is 38.1 Å². The molecule has 1 N–H and O–H groups in total. The van der Waals surface area contributed by atoms with E-state index in [1.54, 1.807) is 0 Å². The molecule has 0 bridgehead atoms. The fourth-order valence-corrected chi connectivity index (χ4v) is 2.27.